The van der Waals surface area contributed by atoms with Crippen LogP contribution in [-0.2, 0) is 0 Å². The van der Waals surface area contributed by atoms with Gasteiger partial charge in [-0.3, -0.25) is 0 Å². The first kappa shape index (κ1) is 15.4. The Morgan fingerprint density at radius 2 is 1.58 bits per heavy atom. The summed E-state index contributed by atoms with van der Waals surface area (Å²) >= 11 is 0. The molecule has 0 saturated carbocycles. The summed E-state index contributed by atoms with van der Waals surface area (Å²) in [4.78, 5) is 0. The van der Waals surface area contributed by atoms with Gasteiger partial charge >= 0.3 is 0 Å². The molecule has 0 radical (unpaired) electrons. The van der Waals surface area contributed by atoms with Gasteiger partial charge in [0.1, 0.15) is 5.75 Å². The van der Waals surface area contributed by atoms with Crippen LogP contribution in [0.2, 0.25) is 0 Å². The molecule has 0 fully saturated rings. The van der Waals surface area contributed by atoms with Crippen LogP contribution in [0, 0.1) is 0 Å². The average Bonchev–Trinajstić information content (AvgIpc) is 2.45. The van der Waals surface area contributed by atoms with Crippen molar-refractivity contribution in [3.8, 4) is 17.2 Å². The summed E-state index contributed by atoms with van der Waals surface area (Å²) in [6.07, 6.45) is 2.09. The fourth-order valence-corrected chi connectivity index (χ4v) is 1.76. The standard InChI is InChI=1S/C15H23NO3/c1-10(11(2)16-3)7-12-8-14(18-5)15(19-6)9-13(12)17-4/h7-9,11,16H,1-6H3/b10-7+. The van der Waals surface area contributed by atoms with Gasteiger partial charge in [-0.2, -0.15) is 0 Å². The zero-order chi connectivity index (χ0) is 14.4. The predicted octanol–water partition coefficient (Wildman–Crippen LogP) is 2.72. The van der Waals surface area contributed by atoms with E-state index in [2.05, 4.69) is 25.2 Å². The number of benzene rings is 1. The Balaban J connectivity index is 3.26. The lowest BCUT2D eigenvalue weighted by Crippen LogP contribution is -2.21. The van der Waals surface area contributed by atoms with Gasteiger partial charge in [-0.15, -0.1) is 0 Å². The first-order valence-electron chi connectivity index (χ1n) is 6.22. The van der Waals surface area contributed by atoms with Crippen molar-refractivity contribution >= 4 is 6.08 Å². The number of rotatable bonds is 6. The molecule has 0 spiro atoms. The van der Waals surface area contributed by atoms with Crippen molar-refractivity contribution in [3.05, 3.63) is 23.3 Å². The largest absolute Gasteiger partial charge is 0.496 e. The molecule has 0 amide bonds. The summed E-state index contributed by atoms with van der Waals surface area (Å²) in [6.45, 7) is 4.19. The minimum Gasteiger partial charge on any atom is -0.496 e. The number of likely N-dealkylation sites (N-methyl/N-ethyl adjacent to an activating group) is 1. The Labute approximate surface area is 115 Å². The predicted molar refractivity (Wildman–Crippen MR) is 78.3 cm³/mol. The molecule has 1 atom stereocenters. The second-order valence-electron chi connectivity index (χ2n) is 4.35. The zero-order valence-electron chi connectivity index (χ0n) is 12.5. The van der Waals surface area contributed by atoms with Crippen molar-refractivity contribution in [2.75, 3.05) is 28.4 Å². The number of nitrogens with one attached hydrogen (secondary N) is 1. The van der Waals surface area contributed by atoms with Crippen molar-refractivity contribution in [1.82, 2.24) is 5.32 Å². The minimum atomic E-state index is 0.304. The highest BCUT2D eigenvalue weighted by atomic mass is 16.5. The van der Waals surface area contributed by atoms with Crippen LogP contribution in [0.15, 0.2) is 17.7 Å². The van der Waals surface area contributed by atoms with E-state index in [1.54, 1.807) is 21.3 Å². The van der Waals surface area contributed by atoms with Gasteiger partial charge in [-0.25, -0.2) is 0 Å². The lowest BCUT2D eigenvalue weighted by Gasteiger charge is -2.15. The van der Waals surface area contributed by atoms with Crippen LogP contribution in [0.25, 0.3) is 6.08 Å². The summed E-state index contributed by atoms with van der Waals surface area (Å²) in [5.74, 6) is 2.12. The molecular weight excluding hydrogens is 242 g/mol. The molecule has 4 heteroatoms. The third kappa shape index (κ3) is 3.64. The number of methoxy groups -OCH3 is 3. The maximum Gasteiger partial charge on any atom is 0.164 e. The number of ether oxygens (including phenoxy) is 3. The molecule has 106 valence electrons. The molecule has 1 rings (SSSR count). The van der Waals surface area contributed by atoms with E-state index in [1.807, 2.05) is 19.2 Å². The molecule has 0 aliphatic rings. The van der Waals surface area contributed by atoms with E-state index in [9.17, 15) is 0 Å². The second-order valence-corrected chi connectivity index (χ2v) is 4.35. The fraction of sp³-hybridized carbons (Fsp3) is 0.467. The van der Waals surface area contributed by atoms with Crippen molar-refractivity contribution < 1.29 is 14.2 Å². The summed E-state index contributed by atoms with van der Waals surface area (Å²) in [6, 6.07) is 4.06. The SMILES string of the molecule is CNC(C)/C(C)=C/c1cc(OC)c(OC)cc1OC. The highest BCUT2D eigenvalue weighted by molar-refractivity contribution is 5.65. The van der Waals surface area contributed by atoms with Crippen molar-refractivity contribution in [2.24, 2.45) is 0 Å². The van der Waals surface area contributed by atoms with Crippen LogP contribution in [0.3, 0.4) is 0 Å². The van der Waals surface area contributed by atoms with Gasteiger partial charge in [0.15, 0.2) is 11.5 Å². The van der Waals surface area contributed by atoms with Crippen LogP contribution in [0.1, 0.15) is 19.4 Å². The van der Waals surface area contributed by atoms with Gasteiger partial charge in [0, 0.05) is 17.7 Å². The number of hydrogen-bond acceptors (Lipinski definition) is 4. The van der Waals surface area contributed by atoms with Gasteiger partial charge in [0.2, 0.25) is 0 Å². The Kier molecular flexibility index (Phi) is 5.70. The van der Waals surface area contributed by atoms with Crippen molar-refractivity contribution in [2.45, 2.75) is 19.9 Å². The van der Waals surface area contributed by atoms with E-state index < -0.39 is 0 Å². The first-order chi connectivity index (χ1) is 9.07. The van der Waals surface area contributed by atoms with E-state index >= 15 is 0 Å². The zero-order valence-corrected chi connectivity index (χ0v) is 12.5. The lowest BCUT2D eigenvalue weighted by atomic mass is 10.1. The minimum absolute atomic E-state index is 0.304. The summed E-state index contributed by atoms with van der Waals surface area (Å²) in [5.41, 5.74) is 2.19. The molecular formula is C15H23NO3. The van der Waals surface area contributed by atoms with E-state index in [-0.39, 0.29) is 0 Å². The molecule has 1 aromatic rings. The van der Waals surface area contributed by atoms with E-state index in [1.165, 1.54) is 5.57 Å². The molecule has 0 aromatic heterocycles. The van der Waals surface area contributed by atoms with Gasteiger partial charge in [-0.1, -0.05) is 11.6 Å². The topological polar surface area (TPSA) is 39.7 Å². The van der Waals surface area contributed by atoms with Crippen LogP contribution in [-0.4, -0.2) is 34.4 Å². The van der Waals surface area contributed by atoms with Crippen LogP contribution < -0.4 is 19.5 Å². The molecule has 0 saturated heterocycles. The molecule has 1 N–H and O–H groups in total. The number of hydrogen-bond donors (Lipinski definition) is 1. The summed E-state index contributed by atoms with van der Waals surface area (Å²) in [7, 11) is 6.82. The van der Waals surface area contributed by atoms with Crippen molar-refractivity contribution in [1.29, 1.82) is 0 Å². The lowest BCUT2D eigenvalue weighted by molar-refractivity contribution is 0.348. The maximum absolute atomic E-state index is 5.40. The Bertz CT molecular complexity index is 455. The van der Waals surface area contributed by atoms with Crippen LogP contribution in [0.4, 0.5) is 0 Å². The Morgan fingerprint density at radius 1 is 1.05 bits per heavy atom. The van der Waals surface area contributed by atoms with Gasteiger partial charge in [-0.05, 0) is 27.0 Å². The van der Waals surface area contributed by atoms with Crippen LogP contribution >= 0.6 is 0 Å². The van der Waals surface area contributed by atoms with Gasteiger partial charge < -0.3 is 19.5 Å². The molecule has 1 unspecified atom stereocenters. The van der Waals surface area contributed by atoms with Crippen molar-refractivity contribution in [3.63, 3.8) is 0 Å². The molecule has 1 aromatic carbocycles. The molecule has 0 heterocycles. The summed E-state index contributed by atoms with van der Waals surface area (Å²) in [5, 5.41) is 3.21. The van der Waals surface area contributed by atoms with Crippen LogP contribution in [0.5, 0.6) is 17.2 Å². The fourth-order valence-electron chi connectivity index (χ4n) is 1.76. The Morgan fingerprint density at radius 3 is 2.05 bits per heavy atom. The van der Waals surface area contributed by atoms with E-state index in [0.717, 1.165) is 11.3 Å². The van der Waals surface area contributed by atoms with E-state index in [4.69, 9.17) is 14.2 Å². The van der Waals surface area contributed by atoms with E-state index in [0.29, 0.717) is 17.5 Å². The molecule has 0 aliphatic heterocycles. The molecule has 0 bridgehead atoms. The second kappa shape index (κ2) is 7.04. The maximum atomic E-state index is 5.40. The monoisotopic (exact) mass is 265 g/mol. The molecule has 4 nitrogen and oxygen atoms in total. The highest BCUT2D eigenvalue weighted by Gasteiger charge is 2.11. The molecule has 19 heavy (non-hydrogen) atoms. The smallest absolute Gasteiger partial charge is 0.164 e. The first-order valence-corrected chi connectivity index (χ1v) is 6.22. The Hall–Kier alpha value is -1.68. The summed E-state index contributed by atoms with van der Waals surface area (Å²) < 4.78 is 16.0. The third-order valence-electron chi connectivity index (χ3n) is 3.24. The normalized spacial score (nSPS) is 13.1. The van der Waals surface area contributed by atoms with Gasteiger partial charge in [0.25, 0.3) is 0 Å². The quantitative estimate of drug-likeness (QED) is 0.858. The highest BCUT2D eigenvalue weighted by Crippen LogP contribution is 2.35. The average molecular weight is 265 g/mol. The third-order valence-corrected chi connectivity index (χ3v) is 3.24. The van der Waals surface area contributed by atoms with Gasteiger partial charge in [0.05, 0.1) is 21.3 Å². The molecule has 0 aliphatic carbocycles.